The molecule has 0 aliphatic carbocycles. The second-order valence-corrected chi connectivity index (χ2v) is 7.39. The number of ketones is 1. The van der Waals surface area contributed by atoms with Gasteiger partial charge in [-0.1, -0.05) is 6.07 Å². The number of nitrogens with two attached hydrogens (primary N) is 1. The minimum Gasteiger partial charge on any atom is -0.443 e. The summed E-state index contributed by atoms with van der Waals surface area (Å²) in [7, 11) is 0. The molecule has 0 bridgehead atoms. The molecular weight excluding hydrogens is 341 g/mol. The van der Waals surface area contributed by atoms with Gasteiger partial charge in [0.15, 0.2) is 5.78 Å². The number of nitrogens with zero attached hydrogens (tertiary/aromatic N) is 1. The van der Waals surface area contributed by atoms with Crippen LogP contribution in [-0.4, -0.2) is 42.5 Å². The van der Waals surface area contributed by atoms with Gasteiger partial charge in [-0.25, -0.2) is 9.18 Å². The molecule has 0 aromatic heterocycles. The van der Waals surface area contributed by atoms with Crippen LogP contribution in [0.1, 0.15) is 32.8 Å². The van der Waals surface area contributed by atoms with Crippen LogP contribution >= 0.6 is 0 Å². The number of nitrogens with one attached hydrogen (secondary N) is 1. The second kappa shape index (κ2) is 5.96. The number of carbonyl (C=O) groups is 3. The molecule has 8 heteroatoms. The summed E-state index contributed by atoms with van der Waals surface area (Å²) in [5.74, 6) is -1.23. The highest BCUT2D eigenvalue weighted by atomic mass is 19.1. The lowest BCUT2D eigenvalue weighted by molar-refractivity contribution is -0.126. The van der Waals surface area contributed by atoms with E-state index in [0.29, 0.717) is 18.5 Å². The van der Waals surface area contributed by atoms with Crippen molar-refractivity contribution in [3.63, 3.8) is 0 Å². The first kappa shape index (κ1) is 18.2. The van der Waals surface area contributed by atoms with Gasteiger partial charge in [0, 0.05) is 13.0 Å². The van der Waals surface area contributed by atoms with Gasteiger partial charge in [0.05, 0.1) is 17.8 Å². The normalized spacial score (nSPS) is 24.2. The Morgan fingerprint density at radius 1 is 1.42 bits per heavy atom. The molecule has 2 atom stereocenters. The van der Waals surface area contributed by atoms with E-state index in [4.69, 9.17) is 10.5 Å². The zero-order valence-electron chi connectivity index (χ0n) is 15.0. The highest BCUT2D eigenvalue weighted by Crippen LogP contribution is 2.37. The zero-order chi connectivity index (χ0) is 19.3. The molecule has 2 fully saturated rings. The molecule has 1 aromatic carbocycles. The maximum Gasteiger partial charge on any atom is 0.407 e. The summed E-state index contributed by atoms with van der Waals surface area (Å²) in [5.41, 5.74) is 4.00. The van der Waals surface area contributed by atoms with Gasteiger partial charge >= 0.3 is 6.09 Å². The number of ether oxygens (including phenoxy) is 1. The number of carbonyl (C=O) groups excluding carboxylic acids is 3. The van der Waals surface area contributed by atoms with Gasteiger partial charge in [0.25, 0.3) is 0 Å². The van der Waals surface area contributed by atoms with Gasteiger partial charge in [0.1, 0.15) is 17.3 Å². The van der Waals surface area contributed by atoms with Crippen LogP contribution in [0.2, 0.25) is 0 Å². The number of hydrogen-bond acceptors (Lipinski definition) is 5. The minimum absolute atomic E-state index is 0.0480. The lowest BCUT2D eigenvalue weighted by atomic mass is 9.76. The molecule has 2 aliphatic heterocycles. The molecule has 3 rings (SSSR count). The lowest BCUT2D eigenvalue weighted by Crippen LogP contribution is -2.49. The molecule has 2 heterocycles. The van der Waals surface area contributed by atoms with Crippen molar-refractivity contribution in [3.8, 4) is 0 Å². The average molecular weight is 363 g/mol. The molecule has 2 saturated heterocycles. The van der Waals surface area contributed by atoms with Crippen molar-refractivity contribution >= 4 is 23.5 Å². The van der Waals surface area contributed by atoms with Crippen LogP contribution in [0, 0.1) is 5.82 Å². The Morgan fingerprint density at radius 3 is 2.58 bits per heavy atom. The average Bonchev–Trinajstić information content (AvgIpc) is 3.11. The number of amides is 2. The van der Waals surface area contributed by atoms with Crippen LogP contribution in [0.25, 0.3) is 0 Å². The van der Waals surface area contributed by atoms with Crippen molar-refractivity contribution in [2.75, 3.05) is 18.0 Å². The molecule has 1 aromatic rings. The molecule has 2 aliphatic rings. The van der Waals surface area contributed by atoms with Gasteiger partial charge in [-0.05, 0) is 38.5 Å². The molecule has 0 radical (unpaired) electrons. The Hall–Kier alpha value is -2.64. The molecule has 0 spiro atoms. The number of primary amides is 1. The van der Waals surface area contributed by atoms with Gasteiger partial charge in [0.2, 0.25) is 5.91 Å². The summed E-state index contributed by atoms with van der Waals surface area (Å²) in [6.45, 7) is 5.58. The SMILES string of the molecule is CC(C(N)=O)(c1ccc(N2CCC(=O)C2(C)C)c(F)c1)C1CNC(=O)O1. The smallest absolute Gasteiger partial charge is 0.407 e. The van der Waals surface area contributed by atoms with E-state index in [0.717, 1.165) is 0 Å². The number of alkyl carbamates (subject to hydrolysis) is 1. The van der Waals surface area contributed by atoms with E-state index >= 15 is 0 Å². The number of benzene rings is 1. The van der Waals surface area contributed by atoms with Crippen molar-refractivity contribution < 1.29 is 23.5 Å². The Balaban J connectivity index is 1.99. The van der Waals surface area contributed by atoms with E-state index < -0.39 is 34.9 Å². The Bertz CT molecular complexity index is 795. The molecule has 7 nitrogen and oxygen atoms in total. The number of rotatable bonds is 4. The van der Waals surface area contributed by atoms with Gasteiger partial charge < -0.3 is 20.7 Å². The van der Waals surface area contributed by atoms with Crippen molar-refractivity contribution in [2.45, 2.75) is 44.2 Å². The second-order valence-electron chi connectivity index (χ2n) is 7.39. The van der Waals surface area contributed by atoms with Crippen molar-refractivity contribution in [1.82, 2.24) is 5.32 Å². The van der Waals surface area contributed by atoms with Crippen molar-refractivity contribution in [2.24, 2.45) is 5.73 Å². The molecule has 2 amide bonds. The molecule has 2 unspecified atom stereocenters. The van der Waals surface area contributed by atoms with E-state index in [-0.39, 0.29) is 18.0 Å². The number of halogens is 1. The number of Topliss-reactive ketones (excluding diaryl/α,β-unsaturated/α-hetero) is 1. The largest absolute Gasteiger partial charge is 0.443 e. The molecular formula is C18H22FN3O4. The van der Waals surface area contributed by atoms with E-state index in [9.17, 15) is 18.8 Å². The predicted molar refractivity (Wildman–Crippen MR) is 92.3 cm³/mol. The summed E-state index contributed by atoms with van der Waals surface area (Å²) in [5, 5.41) is 2.48. The van der Waals surface area contributed by atoms with E-state index in [2.05, 4.69) is 5.32 Å². The fourth-order valence-electron chi connectivity index (χ4n) is 3.62. The lowest BCUT2D eigenvalue weighted by Gasteiger charge is -2.34. The Labute approximate surface area is 150 Å². The Kier molecular flexibility index (Phi) is 4.17. The van der Waals surface area contributed by atoms with Crippen molar-refractivity contribution in [1.29, 1.82) is 0 Å². The topological polar surface area (TPSA) is 102 Å². The van der Waals surface area contributed by atoms with Crippen LogP contribution in [0.15, 0.2) is 18.2 Å². The van der Waals surface area contributed by atoms with Crippen LogP contribution < -0.4 is 16.0 Å². The van der Waals surface area contributed by atoms with Crippen LogP contribution in [0.5, 0.6) is 0 Å². The summed E-state index contributed by atoms with van der Waals surface area (Å²) < 4.78 is 20.0. The number of hydrogen-bond donors (Lipinski definition) is 2. The van der Waals surface area contributed by atoms with E-state index in [1.165, 1.54) is 19.1 Å². The van der Waals surface area contributed by atoms with Crippen LogP contribution in [0.3, 0.4) is 0 Å². The van der Waals surface area contributed by atoms with Gasteiger partial charge in [-0.3, -0.25) is 9.59 Å². The molecule has 0 saturated carbocycles. The summed E-state index contributed by atoms with van der Waals surface area (Å²) >= 11 is 0. The Morgan fingerprint density at radius 2 is 2.12 bits per heavy atom. The fourth-order valence-corrected chi connectivity index (χ4v) is 3.62. The monoisotopic (exact) mass is 363 g/mol. The zero-order valence-corrected chi connectivity index (χ0v) is 15.0. The van der Waals surface area contributed by atoms with Crippen LogP contribution in [0.4, 0.5) is 14.9 Å². The molecule has 3 N–H and O–H groups in total. The van der Waals surface area contributed by atoms with E-state index in [1.54, 1.807) is 24.8 Å². The molecule has 140 valence electrons. The first-order valence-corrected chi connectivity index (χ1v) is 8.44. The quantitative estimate of drug-likeness (QED) is 0.838. The summed E-state index contributed by atoms with van der Waals surface area (Å²) in [4.78, 5) is 37.2. The third-order valence-corrected chi connectivity index (χ3v) is 5.59. The van der Waals surface area contributed by atoms with Gasteiger partial charge in [-0.15, -0.1) is 0 Å². The fraction of sp³-hybridized carbons (Fsp3) is 0.500. The molecule has 26 heavy (non-hydrogen) atoms. The third-order valence-electron chi connectivity index (χ3n) is 5.59. The van der Waals surface area contributed by atoms with E-state index in [1.807, 2.05) is 0 Å². The van der Waals surface area contributed by atoms with Crippen LogP contribution in [-0.2, 0) is 19.7 Å². The van der Waals surface area contributed by atoms with Gasteiger partial charge in [-0.2, -0.15) is 0 Å². The third kappa shape index (κ3) is 2.60. The summed E-state index contributed by atoms with van der Waals surface area (Å²) in [6, 6.07) is 4.36. The highest BCUT2D eigenvalue weighted by molar-refractivity contribution is 5.94. The maximum absolute atomic E-state index is 14.9. The number of anilines is 1. The first-order valence-electron chi connectivity index (χ1n) is 8.44. The highest BCUT2D eigenvalue weighted by Gasteiger charge is 2.47. The first-order chi connectivity index (χ1) is 12.1. The predicted octanol–water partition coefficient (Wildman–Crippen LogP) is 1.23. The standard InChI is InChI=1S/C18H22FN3O4/c1-17(2)13(23)6-7-22(17)12-5-4-10(8-11(12)19)18(3,15(20)24)14-9-21-16(25)26-14/h4-5,8,14H,6-7,9H2,1-3H3,(H2,20,24)(H,21,25). The number of cyclic esters (lactones) is 1. The van der Waals surface area contributed by atoms with Crippen molar-refractivity contribution in [3.05, 3.63) is 29.6 Å². The maximum atomic E-state index is 14.9. The minimum atomic E-state index is -1.38. The summed E-state index contributed by atoms with van der Waals surface area (Å²) in [6.07, 6.45) is -1.11.